The molecule has 0 aliphatic carbocycles. The van der Waals surface area contributed by atoms with E-state index in [1.54, 1.807) is 7.11 Å². The summed E-state index contributed by atoms with van der Waals surface area (Å²) in [4.78, 5) is 0. The number of rotatable bonds is 7. The highest BCUT2D eigenvalue weighted by Gasteiger charge is 2.19. The van der Waals surface area contributed by atoms with Crippen molar-refractivity contribution in [3.05, 3.63) is 66.6 Å². The summed E-state index contributed by atoms with van der Waals surface area (Å²) < 4.78 is 11.4. The maximum atomic E-state index is 5.89. The number of nitrogens with one attached hydrogen (secondary N) is 1. The minimum atomic E-state index is 0.128. The molecule has 1 unspecified atom stereocenters. The molecule has 1 N–H and O–H groups in total. The van der Waals surface area contributed by atoms with Crippen LogP contribution >= 0.6 is 0 Å². The van der Waals surface area contributed by atoms with Gasteiger partial charge in [-0.3, -0.25) is 0 Å². The first-order chi connectivity index (χ1) is 11.4. The smallest absolute Gasteiger partial charge is 0.161 e. The Morgan fingerprint density at radius 3 is 2.33 bits per heavy atom. The number of ether oxygens (including phenoxy) is 2. The molecule has 0 amide bonds. The van der Waals surface area contributed by atoms with Gasteiger partial charge in [-0.15, -0.1) is 0 Å². The Morgan fingerprint density at radius 1 is 1.00 bits per heavy atom. The molecule has 3 nitrogen and oxygen atoms in total. The molecular weight excluding hydrogens is 298 g/mol. The van der Waals surface area contributed by atoms with Crippen molar-refractivity contribution in [3.63, 3.8) is 0 Å². The molecule has 0 bridgehead atoms. The zero-order chi connectivity index (χ0) is 17.6. The Balaban J connectivity index is 1.99. The molecule has 0 heterocycles. The van der Waals surface area contributed by atoms with Crippen molar-refractivity contribution in [3.8, 4) is 11.5 Å². The highest BCUT2D eigenvalue weighted by atomic mass is 16.5. The van der Waals surface area contributed by atoms with Crippen molar-refractivity contribution < 1.29 is 9.47 Å². The van der Waals surface area contributed by atoms with Gasteiger partial charge in [0.1, 0.15) is 6.61 Å². The van der Waals surface area contributed by atoms with Gasteiger partial charge in [-0.25, -0.2) is 0 Å². The predicted molar refractivity (Wildman–Crippen MR) is 99.2 cm³/mol. The lowest BCUT2D eigenvalue weighted by atomic mass is 9.88. The normalized spacial score (nSPS) is 12.7. The van der Waals surface area contributed by atoms with Gasteiger partial charge in [-0.05, 0) is 35.6 Å². The van der Waals surface area contributed by atoms with Crippen molar-refractivity contribution in [2.45, 2.75) is 40.0 Å². The quantitative estimate of drug-likeness (QED) is 0.806. The Bertz CT molecular complexity index is 632. The number of hydrogen-bond donors (Lipinski definition) is 1. The average Bonchev–Trinajstić information content (AvgIpc) is 2.58. The lowest BCUT2D eigenvalue weighted by molar-refractivity contribution is 0.284. The van der Waals surface area contributed by atoms with Crippen LogP contribution in [0.2, 0.25) is 0 Å². The van der Waals surface area contributed by atoms with Gasteiger partial charge in [0.15, 0.2) is 11.5 Å². The Kier molecular flexibility index (Phi) is 6.27. The van der Waals surface area contributed by atoms with Gasteiger partial charge in [0.05, 0.1) is 7.11 Å². The topological polar surface area (TPSA) is 30.5 Å². The average molecular weight is 326 g/mol. The van der Waals surface area contributed by atoms with Crippen LogP contribution in [-0.4, -0.2) is 13.2 Å². The van der Waals surface area contributed by atoms with Crippen molar-refractivity contribution in [1.82, 2.24) is 5.32 Å². The fraction of sp³-hybridized carbons (Fsp3) is 0.381. The summed E-state index contributed by atoms with van der Waals surface area (Å²) in [5.74, 6) is 1.51. The molecule has 24 heavy (non-hydrogen) atoms. The first-order valence-corrected chi connectivity index (χ1v) is 8.30. The van der Waals surface area contributed by atoms with Crippen LogP contribution in [0.15, 0.2) is 48.5 Å². The molecule has 1 radical (unpaired) electrons. The van der Waals surface area contributed by atoms with Crippen LogP contribution in [0.4, 0.5) is 0 Å². The Hall–Kier alpha value is -2.00. The summed E-state index contributed by atoms with van der Waals surface area (Å²) in [7, 11) is 1.67. The van der Waals surface area contributed by atoms with Crippen molar-refractivity contribution >= 4 is 0 Å². The van der Waals surface area contributed by atoms with Crippen LogP contribution < -0.4 is 14.8 Å². The Labute approximate surface area is 146 Å². The molecule has 0 fully saturated rings. The second-order valence-electron chi connectivity index (χ2n) is 7.06. The summed E-state index contributed by atoms with van der Waals surface area (Å²) >= 11 is 0. The summed E-state index contributed by atoms with van der Waals surface area (Å²) in [5.41, 5.74) is 2.41. The fourth-order valence-corrected chi connectivity index (χ4v) is 2.22. The second-order valence-corrected chi connectivity index (χ2v) is 7.06. The van der Waals surface area contributed by atoms with Crippen molar-refractivity contribution in [1.29, 1.82) is 0 Å². The molecule has 0 saturated heterocycles. The van der Waals surface area contributed by atoms with Gasteiger partial charge in [-0.1, -0.05) is 57.2 Å². The van der Waals surface area contributed by atoms with Gasteiger partial charge >= 0.3 is 0 Å². The molecule has 129 valence electrons. The van der Waals surface area contributed by atoms with E-state index >= 15 is 0 Å². The SMILES string of the molecule is [CH2]C(NCc1ccc(OCc2ccccc2)c(OC)c1)C(C)(C)C. The van der Waals surface area contributed by atoms with Crippen LogP contribution in [0.25, 0.3) is 0 Å². The Morgan fingerprint density at radius 2 is 1.71 bits per heavy atom. The molecule has 0 aliphatic rings. The zero-order valence-electron chi connectivity index (χ0n) is 15.1. The third-order valence-electron chi connectivity index (χ3n) is 4.06. The first kappa shape index (κ1) is 18.3. The first-order valence-electron chi connectivity index (χ1n) is 8.30. The molecule has 1 atom stereocenters. The summed E-state index contributed by atoms with van der Waals surface area (Å²) in [6.45, 7) is 12.0. The molecule has 2 aromatic carbocycles. The van der Waals surface area contributed by atoms with Crippen molar-refractivity contribution in [2.75, 3.05) is 7.11 Å². The lowest BCUT2D eigenvalue weighted by Gasteiger charge is -2.28. The summed E-state index contributed by atoms with van der Waals surface area (Å²) in [6.07, 6.45) is 0. The van der Waals surface area contributed by atoms with Gasteiger partial charge in [0.25, 0.3) is 0 Å². The van der Waals surface area contributed by atoms with E-state index in [1.807, 2.05) is 42.5 Å². The van der Waals surface area contributed by atoms with E-state index in [0.717, 1.165) is 29.2 Å². The van der Waals surface area contributed by atoms with Gasteiger partial charge < -0.3 is 14.8 Å². The van der Waals surface area contributed by atoms with E-state index in [2.05, 4.69) is 39.1 Å². The number of methoxy groups -OCH3 is 1. The largest absolute Gasteiger partial charge is 0.493 e. The molecule has 2 rings (SSSR count). The highest BCUT2D eigenvalue weighted by Crippen LogP contribution is 2.29. The minimum Gasteiger partial charge on any atom is -0.493 e. The standard InChI is InChI=1S/C21H28NO2/c1-16(21(2,3)4)22-14-18-11-12-19(20(13-18)23-5)24-15-17-9-7-6-8-10-17/h6-13,16,22H,1,14-15H2,2-5H3. The van der Waals surface area contributed by atoms with E-state index in [-0.39, 0.29) is 11.5 Å². The third-order valence-corrected chi connectivity index (χ3v) is 4.06. The van der Waals surface area contributed by atoms with Crippen LogP contribution in [0.3, 0.4) is 0 Å². The molecular formula is C21H28NO2. The fourth-order valence-electron chi connectivity index (χ4n) is 2.22. The molecule has 0 saturated carbocycles. The lowest BCUT2D eigenvalue weighted by Crippen LogP contribution is -2.37. The van der Waals surface area contributed by atoms with Crippen LogP contribution in [0, 0.1) is 12.3 Å². The van der Waals surface area contributed by atoms with E-state index in [4.69, 9.17) is 9.47 Å². The maximum absolute atomic E-state index is 5.89. The van der Waals surface area contributed by atoms with Gasteiger partial charge in [0, 0.05) is 12.6 Å². The molecule has 0 spiro atoms. The van der Waals surface area contributed by atoms with Crippen LogP contribution in [0.5, 0.6) is 11.5 Å². The molecule has 0 aliphatic heterocycles. The number of benzene rings is 2. The molecule has 0 aromatic heterocycles. The highest BCUT2D eigenvalue weighted by molar-refractivity contribution is 5.43. The summed E-state index contributed by atoms with van der Waals surface area (Å²) in [5, 5.41) is 3.46. The van der Waals surface area contributed by atoms with E-state index in [0.29, 0.717) is 6.61 Å². The number of hydrogen-bond acceptors (Lipinski definition) is 3. The molecule has 3 heteroatoms. The zero-order valence-corrected chi connectivity index (χ0v) is 15.1. The van der Waals surface area contributed by atoms with E-state index in [9.17, 15) is 0 Å². The van der Waals surface area contributed by atoms with Gasteiger partial charge in [-0.2, -0.15) is 0 Å². The minimum absolute atomic E-state index is 0.128. The van der Waals surface area contributed by atoms with Crippen molar-refractivity contribution in [2.24, 2.45) is 5.41 Å². The second kappa shape index (κ2) is 8.20. The van der Waals surface area contributed by atoms with Gasteiger partial charge in [0.2, 0.25) is 0 Å². The van der Waals surface area contributed by atoms with E-state index < -0.39 is 0 Å². The van der Waals surface area contributed by atoms with Crippen LogP contribution in [0.1, 0.15) is 31.9 Å². The predicted octanol–water partition coefficient (Wildman–Crippen LogP) is 4.61. The third kappa shape index (κ3) is 5.27. The molecule has 2 aromatic rings. The monoisotopic (exact) mass is 326 g/mol. The maximum Gasteiger partial charge on any atom is 0.161 e. The van der Waals surface area contributed by atoms with E-state index in [1.165, 1.54) is 0 Å². The van der Waals surface area contributed by atoms with Crippen LogP contribution in [-0.2, 0) is 13.2 Å². The summed E-state index contributed by atoms with van der Waals surface area (Å²) in [6, 6.07) is 16.3.